The normalized spacial score (nSPS) is 19.0. The number of hydrogen-bond acceptors (Lipinski definition) is 4. The summed E-state index contributed by atoms with van der Waals surface area (Å²) in [5.74, 6) is -0.831. The third-order valence-electron chi connectivity index (χ3n) is 6.19. The monoisotopic (exact) mass is 384 g/mol. The van der Waals surface area contributed by atoms with Crippen molar-refractivity contribution in [2.45, 2.75) is 57.0 Å². The van der Waals surface area contributed by atoms with Gasteiger partial charge in [-0.1, -0.05) is 31.4 Å². The first-order valence-corrected chi connectivity index (χ1v) is 10.3. The van der Waals surface area contributed by atoms with Gasteiger partial charge in [-0.3, -0.25) is 4.79 Å². The average Bonchev–Trinajstić information content (AvgIpc) is 3.25. The molecule has 0 atom stereocenters. The second-order valence-electron chi connectivity index (χ2n) is 8.06. The number of amides is 1. The first-order valence-electron chi connectivity index (χ1n) is 10.3. The molecule has 1 aromatic rings. The fourth-order valence-corrected chi connectivity index (χ4v) is 4.30. The number of ether oxygens (including phenoxy) is 1. The molecule has 1 heterocycles. The van der Waals surface area contributed by atoms with Crippen LogP contribution in [0.1, 0.15) is 60.9 Å². The number of rotatable bonds is 6. The fourth-order valence-electron chi connectivity index (χ4n) is 4.30. The maximum absolute atomic E-state index is 12.5. The number of esters is 1. The summed E-state index contributed by atoms with van der Waals surface area (Å²) in [6.45, 7) is 3.07. The molecular formula is C22H30N3O3+. The molecule has 1 N–H and O–H groups in total. The van der Waals surface area contributed by atoms with E-state index in [1.165, 1.54) is 36.4 Å². The van der Waals surface area contributed by atoms with Gasteiger partial charge in [0.1, 0.15) is 12.1 Å². The number of nitrogens with zero attached hydrogens (tertiary/aromatic N) is 2. The third kappa shape index (κ3) is 4.71. The Morgan fingerprint density at radius 2 is 1.75 bits per heavy atom. The van der Waals surface area contributed by atoms with E-state index in [0.717, 1.165) is 25.8 Å². The highest BCUT2D eigenvalue weighted by molar-refractivity contribution is 5.91. The van der Waals surface area contributed by atoms with E-state index in [9.17, 15) is 14.9 Å². The largest absolute Gasteiger partial charge is 0.452 e. The van der Waals surface area contributed by atoms with Gasteiger partial charge >= 0.3 is 5.97 Å². The van der Waals surface area contributed by atoms with E-state index < -0.39 is 11.5 Å². The summed E-state index contributed by atoms with van der Waals surface area (Å²) >= 11 is 0. The van der Waals surface area contributed by atoms with Crippen molar-refractivity contribution in [3.05, 3.63) is 35.4 Å². The Labute approximate surface area is 167 Å². The van der Waals surface area contributed by atoms with Gasteiger partial charge in [0.15, 0.2) is 6.61 Å². The minimum atomic E-state index is -0.763. The highest BCUT2D eigenvalue weighted by Crippen LogP contribution is 2.32. The van der Waals surface area contributed by atoms with Crippen molar-refractivity contribution in [3.8, 4) is 6.07 Å². The number of benzene rings is 1. The quantitative estimate of drug-likeness (QED) is 0.758. The molecule has 6 heteroatoms. The Morgan fingerprint density at radius 1 is 1.11 bits per heavy atom. The number of carbonyl (C=O) groups is 2. The van der Waals surface area contributed by atoms with Crippen LogP contribution < -0.4 is 4.90 Å². The highest BCUT2D eigenvalue weighted by Gasteiger charge is 2.39. The van der Waals surface area contributed by atoms with Gasteiger partial charge < -0.3 is 14.5 Å². The molecule has 2 fully saturated rings. The SMILES string of the molecule is CN(C(=O)COC(=O)c1ccc(C[NH+]2CCCC2)cc1)C1(C#N)CCCCC1. The molecule has 6 nitrogen and oxygen atoms in total. The number of hydrogen-bond donors (Lipinski definition) is 1. The molecular weight excluding hydrogens is 354 g/mol. The van der Waals surface area contributed by atoms with Crippen molar-refractivity contribution in [3.63, 3.8) is 0 Å². The predicted octanol–water partition coefficient (Wildman–Crippen LogP) is 1.71. The second kappa shape index (κ2) is 9.20. The van der Waals surface area contributed by atoms with Crippen molar-refractivity contribution in [1.82, 2.24) is 4.90 Å². The van der Waals surface area contributed by atoms with Crippen LogP contribution in [-0.2, 0) is 16.1 Å². The summed E-state index contributed by atoms with van der Waals surface area (Å²) in [6.07, 6.45) is 6.91. The van der Waals surface area contributed by atoms with Crippen molar-refractivity contribution in [2.24, 2.45) is 0 Å². The van der Waals surface area contributed by atoms with Gasteiger partial charge in [0.2, 0.25) is 0 Å². The zero-order chi connectivity index (χ0) is 20.0. The van der Waals surface area contributed by atoms with E-state index >= 15 is 0 Å². The Kier molecular flexibility index (Phi) is 6.69. The first kappa shape index (κ1) is 20.3. The van der Waals surface area contributed by atoms with E-state index in [1.807, 2.05) is 12.1 Å². The molecule has 0 aromatic heterocycles. The van der Waals surface area contributed by atoms with Crippen molar-refractivity contribution in [1.29, 1.82) is 5.26 Å². The van der Waals surface area contributed by atoms with E-state index in [1.54, 1.807) is 24.1 Å². The third-order valence-corrected chi connectivity index (χ3v) is 6.19. The van der Waals surface area contributed by atoms with Crippen molar-refractivity contribution in [2.75, 3.05) is 26.7 Å². The predicted molar refractivity (Wildman–Crippen MR) is 105 cm³/mol. The van der Waals surface area contributed by atoms with Crippen LogP contribution in [0.15, 0.2) is 24.3 Å². The van der Waals surface area contributed by atoms with Crippen LogP contribution in [0.2, 0.25) is 0 Å². The lowest BCUT2D eigenvalue weighted by atomic mass is 9.81. The molecule has 2 aliphatic rings. The smallest absolute Gasteiger partial charge is 0.338 e. The molecule has 1 saturated carbocycles. The summed E-state index contributed by atoms with van der Waals surface area (Å²) in [5, 5.41) is 9.59. The van der Waals surface area contributed by atoms with Gasteiger partial charge in [0, 0.05) is 25.5 Å². The van der Waals surface area contributed by atoms with Crippen LogP contribution in [-0.4, -0.2) is 49.1 Å². The zero-order valence-corrected chi connectivity index (χ0v) is 16.7. The molecule has 28 heavy (non-hydrogen) atoms. The van der Waals surface area contributed by atoms with Gasteiger partial charge in [-0.25, -0.2) is 4.79 Å². The summed E-state index contributed by atoms with van der Waals surface area (Å²) in [6, 6.07) is 9.76. The van der Waals surface area contributed by atoms with E-state index in [0.29, 0.717) is 18.4 Å². The van der Waals surface area contributed by atoms with Crippen LogP contribution in [0.4, 0.5) is 0 Å². The summed E-state index contributed by atoms with van der Waals surface area (Å²) < 4.78 is 5.22. The van der Waals surface area contributed by atoms with Crippen LogP contribution in [0.25, 0.3) is 0 Å². The van der Waals surface area contributed by atoms with Crippen LogP contribution in [0.3, 0.4) is 0 Å². The van der Waals surface area contributed by atoms with Gasteiger partial charge in [0.25, 0.3) is 5.91 Å². The molecule has 1 aliphatic carbocycles. The summed E-state index contributed by atoms with van der Waals surface area (Å²) in [7, 11) is 1.64. The molecule has 0 radical (unpaired) electrons. The maximum Gasteiger partial charge on any atom is 0.338 e. The molecule has 1 aliphatic heterocycles. The van der Waals surface area contributed by atoms with Crippen molar-refractivity contribution < 1.29 is 19.2 Å². The summed E-state index contributed by atoms with van der Waals surface area (Å²) in [5.41, 5.74) is 0.891. The topological polar surface area (TPSA) is 74.8 Å². The van der Waals surface area contributed by atoms with Crippen molar-refractivity contribution >= 4 is 11.9 Å². The van der Waals surface area contributed by atoms with Crippen LogP contribution >= 0.6 is 0 Å². The molecule has 1 saturated heterocycles. The maximum atomic E-state index is 12.5. The molecule has 1 amide bonds. The minimum absolute atomic E-state index is 0.328. The molecule has 0 bridgehead atoms. The second-order valence-corrected chi connectivity index (χ2v) is 8.06. The molecule has 150 valence electrons. The Morgan fingerprint density at radius 3 is 2.36 bits per heavy atom. The number of likely N-dealkylation sites (tertiary alicyclic amines) is 1. The minimum Gasteiger partial charge on any atom is -0.452 e. The van der Waals surface area contributed by atoms with E-state index in [4.69, 9.17) is 4.74 Å². The van der Waals surface area contributed by atoms with Gasteiger partial charge in [0.05, 0.1) is 24.7 Å². The summed E-state index contributed by atoms with van der Waals surface area (Å²) in [4.78, 5) is 27.8. The van der Waals surface area contributed by atoms with E-state index in [-0.39, 0.29) is 12.5 Å². The van der Waals surface area contributed by atoms with Gasteiger partial charge in [-0.2, -0.15) is 5.26 Å². The van der Waals surface area contributed by atoms with E-state index in [2.05, 4.69) is 6.07 Å². The lowest BCUT2D eigenvalue weighted by molar-refractivity contribution is -0.901. The lowest BCUT2D eigenvalue weighted by Crippen LogP contribution is -3.08. The number of quaternary nitrogens is 1. The van der Waals surface area contributed by atoms with Gasteiger partial charge in [-0.15, -0.1) is 0 Å². The van der Waals surface area contributed by atoms with Gasteiger partial charge in [-0.05, 0) is 25.0 Å². The molecule has 0 unspecified atom stereocenters. The molecule has 1 aromatic carbocycles. The number of likely N-dealkylation sites (N-methyl/N-ethyl adjacent to an activating group) is 1. The lowest BCUT2D eigenvalue weighted by Gasteiger charge is -2.38. The molecule has 0 spiro atoms. The Hall–Kier alpha value is -2.39. The average molecular weight is 385 g/mol. The Balaban J connectivity index is 1.51. The molecule has 3 rings (SSSR count). The number of nitriles is 1. The fraction of sp³-hybridized carbons (Fsp3) is 0.591. The standard InChI is InChI=1S/C22H29N3O3/c1-24(22(17-23)11-3-2-4-12-22)20(26)16-28-21(27)19-9-7-18(8-10-19)15-25-13-5-6-14-25/h7-10H,2-6,11-16H2,1H3/p+1. The number of carbonyl (C=O) groups excluding carboxylic acids is 2. The first-order chi connectivity index (χ1) is 13.5. The number of nitrogens with one attached hydrogen (secondary N) is 1. The van der Waals surface area contributed by atoms with Crippen LogP contribution in [0, 0.1) is 11.3 Å². The van der Waals surface area contributed by atoms with Crippen LogP contribution in [0.5, 0.6) is 0 Å². The zero-order valence-electron chi connectivity index (χ0n) is 16.7. The highest BCUT2D eigenvalue weighted by atomic mass is 16.5. The Bertz CT molecular complexity index is 726.